The molecular formula is C24H24N6O5S. The van der Waals surface area contributed by atoms with Gasteiger partial charge >= 0.3 is 12.0 Å². The number of hydrogen-bond donors (Lipinski definition) is 2. The van der Waals surface area contributed by atoms with E-state index in [-0.39, 0.29) is 24.4 Å². The number of allylic oxidation sites excluding steroid dienone is 1. The number of carbonyl (C=O) groups excluding carboxylic acids is 2. The minimum Gasteiger partial charge on any atom is -0.463 e. The second kappa shape index (κ2) is 11.0. The van der Waals surface area contributed by atoms with Gasteiger partial charge < -0.3 is 20.3 Å². The van der Waals surface area contributed by atoms with E-state index in [1.165, 1.54) is 34.4 Å². The first-order valence-electron chi connectivity index (χ1n) is 11.2. The highest BCUT2D eigenvalue weighted by Crippen LogP contribution is 2.36. The molecule has 0 radical (unpaired) electrons. The van der Waals surface area contributed by atoms with E-state index >= 15 is 0 Å². The number of benzene rings is 2. The highest BCUT2D eigenvalue weighted by atomic mass is 32.1. The van der Waals surface area contributed by atoms with Gasteiger partial charge in [-0.05, 0) is 31.5 Å². The Balaban J connectivity index is 1.61. The zero-order chi connectivity index (χ0) is 25.7. The number of urea groups is 1. The molecule has 36 heavy (non-hydrogen) atoms. The number of nitro groups is 1. The summed E-state index contributed by atoms with van der Waals surface area (Å²) >= 11 is 1.35. The number of nitrogens with zero attached hydrogens (tertiary/aromatic N) is 4. The van der Waals surface area contributed by atoms with Gasteiger partial charge in [-0.1, -0.05) is 41.7 Å². The van der Waals surface area contributed by atoms with Crippen molar-refractivity contribution in [1.82, 2.24) is 20.4 Å². The van der Waals surface area contributed by atoms with Crippen LogP contribution in [0.5, 0.6) is 0 Å². The van der Waals surface area contributed by atoms with E-state index in [0.29, 0.717) is 27.8 Å². The summed E-state index contributed by atoms with van der Waals surface area (Å²) in [6.45, 7) is 3.63. The highest BCUT2D eigenvalue weighted by molar-refractivity contribution is 7.15. The number of para-hydroxylation sites is 1. The fraction of sp³-hybridized carbons (Fsp3) is 0.250. The van der Waals surface area contributed by atoms with Gasteiger partial charge in [0.25, 0.3) is 5.69 Å². The molecule has 2 amide bonds. The van der Waals surface area contributed by atoms with E-state index < -0.39 is 23.0 Å². The van der Waals surface area contributed by atoms with Gasteiger partial charge in [-0.25, -0.2) is 9.59 Å². The summed E-state index contributed by atoms with van der Waals surface area (Å²) in [6.07, 6.45) is 0.363. The monoisotopic (exact) mass is 508 g/mol. The number of nitro benzene ring substituents is 1. The van der Waals surface area contributed by atoms with Crippen molar-refractivity contribution >= 4 is 39.8 Å². The molecule has 3 aromatic rings. The largest absolute Gasteiger partial charge is 0.463 e. The third-order valence-electron chi connectivity index (χ3n) is 5.50. The van der Waals surface area contributed by atoms with Gasteiger partial charge in [0.15, 0.2) is 0 Å². The SMILES string of the molecule is CCOC(=O)C1=C(C)NC(=O)N(CCc2nnc(Nc3ccccc3)s2)C1c1cccc([N+](=O)[O-])c1. The third-order valence-corrected chi connectivity index (χ3v) is 6.39. The number of aromatic nitrogens is 2. The molecule has 1 aliphatic heterocycles. The van der Waals surface area contributed by atoms with Gasteiger partial charge in [0, 0.05) is 36.5 Å². The summed E-state index contributed by atoms with van der Waals surface area (Å²) in [5, 5.41) is 27.0. The first-order chi connectivity index (χ1) is 17.4. The van der Waals surface area contributed by atoms with Gasteiger partial charge in [-0.3, -0.25) is 10.1 Å². The predicted octanol–water partition coefficient (Wildman–Crippen LogP) is 4.34. The Bertz CT molecular complexity index is 1310. The van der Waals surface area contributed by atoms with Crippen molar-refractivity contribution in [2.45, 2.75) is 26.3 Å². The molecule has 0 spiro atoms. The number of esters is 1. The van der Waals surface area contributed by atoms with E-state index in [1.807, 2.05) is 30.3 Å². The molecule has 0 fully saturated rings. The molecule has 186 valence electrons. The van der Waals surface area contributed by atoms with Gasteiger partial charge in [0.05, 0.1) is 23.1 Å². The maximum atomic E-state index is 13.1. The molecule has 2 heterocycles. The number of anilines is 2. The van der Waals surface area contributed by atoms with E-state index in [0.717, 1.165) is 5.69 Å². The molecule has 0 aliphatic carbocycles. The van der Waals surface area contributed by atoms with Crippen molar-refractivity contribution < 1.29 is 19.2 Å². The molecule has 0 bridgehead atoms. The predicted molar refractivity (Wildman–Crippen MR) is 134 cm³/mol. The van der Waals surface area contributed by atoms with Gasteiger partial charge in [0.1, 0.15) is 5.01 Å². The molecule has 11 nitrogen and oxygen atoms in total. The number of amides is 2. The molecule has 0 saturated carbocycles. The minimum atomic E-state index is -0.868. The van der Waals surface area contributed by atoms with Crippen LogP contribution in [-0.4, -0.2) is 45.2 Å². The van der Waals surface area contributed by atoms with E-state index in [2.05, 4.69) is 20.8 Å². The lowest BCUT2D eigenvalue weighted by Crippen LogP contribution is -2.49. The second-order valence-corrected chi connectivity index (χ2v) is 8.94. The van der Waals surface area contributed by atoms with Crippen molar-refractivity contribution in [2.75, 3.05) is 18.5 Å². The van der Waals surface area contributed by atoms with Crippen molar-refractivity contribution in [3.05, 3.63) is 86.6 Å². The fourth-order valence-electron chi connectivity index (χ4n) is 3.90. The summed E-state index contributed by atoms with van der Waals surface area (Å²) < 4.78 is 5.25. The maximum Gasteiger partial charge on any atom is 0.338 e. The number of hydrogen-bond acceptors (Lipinski definition) is 9. The quantitative estimate of drug-likeness (QED) is 0.247. The molecule has 2 N–H and O–H groups in total. The summed E-state index contributed by atoms with van der Waals surface area (Å²) in [5.41, 5.74) is 1.74. The number of nitrogens with one attached hydrogen (secondary N) is 2. The van der Waals surface area contributed by atoms with E-state index in [4.69, 9.17) is 4.74 Å². The van der Waals surface area contributed by atoms with Crippen LogP contribution < -0.4 is 10.6 Å². The Morgan fingerprint density at radius 1 is 1.22 bits per heavy atom. The third kappa shape index (κ3) is 5.49. The van der Waals surface area contributed by atoms with E-state index in [1.54, 1.807) is 19.9 Å². The van der Waals surface area contributed by atoms with Crippen LogP contribution in [0.1, 0.15) is 30.5 Å². The van der Waals surface area contributed by atoms with Crippen LogP contribution >= 0.6 is 11.3 Å². The Morgan fingerprint density at radius 2 is 2.00 bits per heavy atom. The first-order valence-corrected chi connectivity index (χ1v) is 12.0. The second-order valence-electron chi connectivity index (χ2n) is 7.88. The highest BCUT2D eigenvalue weighted by Gasteiger charge is 2.39. The van der Waals surface area contributed by atoms with Crippen LogP contribution in [0.4, 0.5) is 21.3 Å². The van der Waals surface area contributed by atoms with E-state index in [9.17, 15) is 19.7 Å². The molecule has 1 aliphatic rings. The van der Waals surface area contributed by atoms with Crippen molar-refractivity contribution in [3.8, 4) is 0 Å². The Morgan fingerprint density at radius 3 is 2.72 bits per heavy atom. The summed E-state index contributed by atoms with van der Waals surface area (Å²) in [6, 6.07) is 14.2. The normalized spacial score (nSPS) is 15.4. The van der Waals surface area contributed by atoms with Crippen molar-refractivity contribution in [2.24, 2.45) is 0 Å². The van der Waals surface area contributed by atoms with Crippen molar-refractivity contribution in [1.29, 1.82) is 0 Å². The zero-order valence-electron chi connectivity index (χ0n) is 19.6. The fourth-order valence-corrected chi connectivity index (χ4v) is 4.65. The van der Waals surface area contributed by atoms with Crippen LogP contribution in [-0.2, 0) is 16.0 Å². The zero-order valence-corrected chi connectivity index (χ0v) is 20.4. The Kier molecular flexibility index (Phi) is 7.54. The smallest absolute Gasteiger partial charge is 0.338 e. The molecule has 1 aromatic heterocycles. The average molecular weight is 509 g/mol. The maximum absolute atomic E-state index is 13.1. The van der Waals surface area contributed by atoms with Crippen LogP contribution in [0.2, 0.25) is 0 Å². The van der Waals surface area contributed by atoms with Gasteiger partial charge in [-0.2, -0.15) is 0 Å². The summed E-state index contributed by atoms with van der Waals surface area (Å²) in [4.78, 5) is 38.3. The van der Waals surface area contributed by atoms with Crippen LogP contribution in [0, 0.1) is 10.1 Å². The van der Waals surface area contributed by atoms with Gasteiger partial charge in [0.2, 0.25) is 5.13 Å². The number of rotatable bonds is 9. The minimum absolute atomic E-state index is 0.139. The average Bonchev–Trinajstić information content (AvgIpc) is 3.31. The topological polar surface area (TPSA) is 140 Å². The molecule has 1 atom stereocenters. The summed E-state index contributed by atoms with van der Waals surface area (Å²) in [7, 11) is 0. The molecular weight excluding hydrogens is 484 g/mol. The number of carbonyl (C=O) groups is 2. The van der Waals surface area contributed by atoms with Crippen LogP contribution in [0.3, 0.4) is 0 Å². The summed E-state index contributed by atoms with van der Waals surface area (Å²) in [5.74, 6) is -0.596. The van der Waals surface area contributed by atoms with Gasteiger partial charge in [-0.15, -0.1) is 10.2 Å². The lowest BCUT2D eigenvalue weighted by Gasteiger charge is -2.37. The lowest BCUT2D eigenvalue weighted by atomic mass is 9.93. The Labute approximate surface area is 210 Å². The number of ether oxygens (including phenoxy) is 1. The first kappa shape index (κ1) is 24.8. The van der Waals surface area contributed by atoms with Crippen LogP contribution in [0.15, 0.2) is 65.9 Å². The molecule has 0 saturated heterocycles. The molecule has 1 unspecified atom stereocenters. The lowest BCUT2D eigenvalue weighted by molar-refractivity contribution is -0.384. The number of non-ortho nitro benzene ring substituents is 1. The van der Waals surface area contributed by atoms with Crippen LogP contribution in [0.25, 0.3) is 0 Å². The van der Waals surface area contributed by atoms with Crippen molar-refractivity contribution in [3.63, 3.8) is 0 Å². The Hall–Kier alpha value is -4.32. The molecule has 4 rings (SSSR count). The molecule has 12 heteroatoms. The standard InChI is InChI=1S/C24H24N6O5S/c1-3-35-22(31)20-15(2)25-24(32)29(21(20)16-8-7-11-18(14-16)30(33)34)13-12-19-27-28-23(36-19)26-17-9-5-4-6-10-17/h4-11,14,21H,3,12-13H2,1-2H3,(H,25,32)(H,26,28). The molecule has 2 aromatic carbocycles.